The highest BCUT2D eigenvalue weighted by atomic mass is 32.2. The van der Waals surface area contributed by atoms with Gasteiger partial charge in [-0.1, -0.05) is 43.8 Å². The number of piperidine rings is 1. The minimum Gasteiger partial charge on any atom is -0.389 e. The molecular weight excluding hydrogens is 292 g/mol. The number of hydrogen-bond acceptors (Lipinski definition) is 3. The van der Waals surface area contributed by atoms with Crippen LogP contribution in [0.2, 0.25) is 0 Å². The van der Waals surface area contributed by atoms with Crippen molar-refractivity contribution >= 4 is 27.2 Å². The molecular formula is C14H20N2O2S2. The molecule has 20 heavy (non-hydrogen) atoms. The van der Waals surface area contributed by atoms with Gasteiger partial charge in [0.1, 0.15) is 4.99 Å². The Bertz CT molecular complexity index is 591. The first-order valence-corrected chi connectivity index (χ1v) is 8.70. The lowest BCUT2D eigenvalue weighted by atomic mass is 9.96. The quantitative estimate of drug-likeness (QED) is 0.865. The second kappa shape index (κ2) is 6.20. The number of sulfonamides is 1. The Morgan fingerprint density at radius 2 is 1.95 bits per heavy atom. The predicted molar refractivity (Wildman–Crippen MR) is 84.1 cm³/mol. The van der Waals surface area contributed by atoms with E-state index in [4.69, 9.17) is 18.0 Å². The highest BCUT2D eigenvalue weighted by molar-refractivity contribution is 7.89. The largest absolute Gasteiger partial charge is 0.389 e. The van der Waals surface area contributed by atoms with Gasteiger partial charge in [0, 0.05) is 18.7 Å². The standard InChI is InChI=1S/C14H20N2O2S2/c1-2-11-7-9-16(10-8-11)20(17,18)13-6-4-3-5-12(13)14(15)19/h3-6,11H,2,7-10H2,1H3,(H2,15,19). The Labute approximate surface area is 126 Å². The van der Waals surface area contributed by atoms with Crippen LogP contribution in [0.1, 0.15) is 31.7 Å². The van der Waals surface area contributed by atoms with Crippen LogP contribution in [-0.4, -0.2) is 30.8 Å². The number of nitrogens with zero attached hydrogens (tertiary/aromatic N) is 1. The summed E-state index contributed by atoms with van der Waals surface area (Å²) in [5, 5.41) is 0. The Hall–Kier alpha value is -0.980. The molecule has 1 saturated heterocycles. The van der Waals surface area contributed by atoms with Crippen molar-refractivity contribution in [3.63, 3.8) is 0 Å². The van der Waals surface area contributed by atoms with Crippen LogP contribution >= 0.6 is 12.2 Å². The van der Waals surface area contributed by atoms with E-state index in [-0.39, 0.29) is 9.88 Å². The zero-order chi connectivity index (χ0) is 14.8. The lowest BCUT2D eigenvalue weighted by Crippen LogP contribution is -2.39. The van der Waals surface area contributed by atoms with Crippen LogP contribution in [0.25, 0.3) is 0 Å². The van der Waals surface area contributed by atoms with E-state index in [0.717, 1.165) is 19.3 Å². The first kappa shape index (κ1) is 15.4. The normalized spacial score (nSPS) is 18.1. The summed E-state index contributed by atoms with van der Waals surface area (Å²) in [6, 6.07) is 6.69. The molecule has 1 aromatic carbocycles. The van der Waals surface area contributed by atoms with Crippen LogP contribution in [0.4, 0.5) is 0 Å². The molecule has 1 aliphatic rings. The zero-order valence-corrected chi connectivity index (χ0v) is 13.2. The molecule has 6 heteroatoms. The molecule has 0 atom stereocenters. The van der Waals surface area contributed by atoms with E-state index in [9.17, 15) is 8.42 Å². The number of hydrogen-bond donors (Lipinski definition) is 1. The van der Waals surface area contributed by atoms with Gasteiger partial charge >= 0.3 is 0 Å². The monoisotopic (exact) mass is 312 g/mol. The first-order valence-electron chi connectivity index (χ1n) is 6.85. The maximum Gasteiger partial charge on any atom is 0.243 e. The molecule has 0 saturated carbocycles. The minimum atomic E-state index is -3.50. The van der Waals surface area contributed by atoms with Crippen molar-refractivity contribution in [2.45, 2.75) is 31.1 Å². The van der Waals surface area contributed by atoms with E-state index in [1.54, 1.807) is 28.6 Å². The van der Waals surface area contributed by atoms with Crippen LogP contribution in [0.3, 0.4) is 0 Å². The summed E-state index contributed by atoms with van der Waals surface area (Å²) in [4.78, 5) is 0.343. The van der Waals surface area contributed by atoms with Crippen molar-refractivity contribution in [1.29, 1.82) is 0 Å². The highest BCUT2D eigenvalue weighted by Crippen LogP contribution is 2.26. The first-order chi connectivity index (χ1) is 9.46. The molecule has 0 spiro atoms. The predicted octanol–water partition coefficient (Wildman–Crippen LogP) is 2.13. The molecule has 1 fully saturated rings. The fourth-order valence-corrected chi connectivity index (χ4v) is 4.51. The van der Waals surface area contributed by atoms with Gasteiger partial charge in [-0.05, 0) is 24.8 Å². The molecule has 110 valence electrons. The van der Waals surface area contributed by atoms with Gasteiger partial charge in [0.25, 0.3) is 0 Å². The molecule has 1 heterocycles. The van der Waals surface area contributed by atoms with E-state index >= 15 is 0 Å². The lowest BCUT2D eigenvalue weighted by molar-refractivity contribution is 0.269. The Balaban J connectivity index is 2.30. The fraction of sp³-hybridized carbons (Fsp3) is 0.500. The van der Waals surface area contributed by atoms with E-state index in [0.29, 0.717) is 24.6 Å². The molecule has 0 bridgehead atoms. The second-order valence-electron chi connectivity index (χ2n) is 5.12. The summed E-state index contributed by atoms with van der Waals surface area (Å²) >= 11 is 4.95. The molecule has 2 rings (SSSR count). The van der Waals surface area contributed by atoms with Crippen molar-refractivity contribution in [3.05, 3.63) is 29.8 Å². The van der Waals surface area contributed by atoms with Crippen molar-refractivity contribution in [2.75, 3.05) is 13.1 Å². The maximum absolute atomic E-state index is 12.7. The summed E-state index contributed by atoms with van der Waals surface area (Å²) in [7, 11) is -3.50. The Morgan fingerprint density at radius 1 is 1.35 bits per heavy atom. The van der Waals surface area contributed by atoms with Crippen LogP contribution in [-0.2, 0) is 10.0 Å². The SMILES string of the molecule is CCC1CCN(S(=O)(=O)c2ccccc2C(N)=S)CC1. The Morgan fingerprint density at radius 3 is 2.50 bits per heavy atom. The number of thiocarbonyl (C=S) groups is 1. The van der Waals surface area contributed by atoms with Crippen molar-refractivity contribution in [3.8, 4) is 0 Å². The molecule has 0 amide bonds. The summed E-state index contributed by atoms with van der Waals surface area (Å²) < 4.78 is 27.0. The molecule has 1 aromatic rings. The van der Waals surface area contributed by atoms with Crippen LogP contribution in [0.5, 0.6) is 0 Å². The molecule has 0 aliphatic carbocycles. The maximum atomic E-state index is 12.7. The van der Waals surface area contributed by atoms with Gasteiger partial charge in [-0.15, -0.1) is 0 Å². The van der Waals surface area contributed by atoms with E-state index in [2.05, 4.69) is 6.92 Å². The van der Waals surface area contributed by atoms with Gasteiger partial charge in [-0.25, -0.2) is 8.42 Å². The van der Waals surface area contributed by atoms with E-state index < -0.39 is 10.0 Å². The number of rotatable bonds is 4. The lowest BCUT2D eigenvalue weighted by Gasteiger charge is -2.31. The van der Waals surface area contributed by atoms with E-state index in [1.807, 2.05) is 0 Å². The van der Waals surface area contributed by atoms with Gasteiger partial charge < -0.3 is 5.73 Å². The molecule has 0 aromatic heterocycles. The van der Waals surface area contributed by atoms with Crippen molar-refractivity contribution in [2.24, 2.45) is 11.7 Å². The van der Waals surface area contributed by atoms with Crippen LogP contribution in [0, 0.1) is 5.92 Å². The van der Waals surface area contributed by atoms with Crippen LogP contribution in [0.15, 0.2) is 29.2 Å². The molecule has 0 unspecified atom stereocenters. The fourth-order valence-electron chi connectivity index (χ4n) is 2.59. The zero-order valence-electron chi connectivity index (χ0n) is 11.6. The molecule has 0 radical (unpaired) electrons. The number of benzene rings is 1. The molecule has 2 N–H and O–H groups in total. The third-order valence-electron chi connectivity index (χ3n) is 3.92. The highest BCUT2D eigenvalue weighted by Gasteiger charge is 2.30. The summed E-state index contributed by atoms with van der Waals surface area (Å²) in [6.45, 7) is 3.30. The summed E-state index contributed by atoms with van der Waals surface area (Å²) in [5.41, 5.74) is 6.06. The second-order valence-corrected chi connectivity index (χ2v) is 7.46. The Kier molecular flexibility index (Phi) is 4.78. The smallest absolute Gasteiger partial charge is 0.243 e. The van der Waals surface area contributed by atoms with Gasteiger partial charge in [0.05, 0.1) is 4.90 Å². The third kappa shape index (κ3) is 3.02. The average Bonchev–Trinajstić information content (AvgIpc) is 2.47. The summed E-state index contributed by atoms with van der Waals surface area (Å²) in [5.74, 6) is 0.632. The molecule has 1 aliphatic heterocycles. The average molecular weight is 312 g/mol. The third-order valence-corrected chi connectivity index (χ3v) is 6.10. The van der Waals surface area contributed by atoms with Crippen molar-refractivity contribution < 1.29 is 8.42 Å². The van der Waals surface area contributed by atoms with Crippen molar-refractivity contribution in [1.82, 2.24) is 4.31 Å². The van der Waals surface area contributed by atoms with Gasteiger partial charge in [0.15, 0.2) is 0 Å². The molecule has 4 nitrogen and oxygen atoms in total. The van der Waals surface area contributed by atoms with Gasteiger partial charge in [-0.3, -0.25) is 0 Å². The minimum absolute atomic E-state index is 0.118. The topological polar surface area (TPSA) is 63.4 Å². The van der Waals surface area contributed by atoms with Crippen LogP contribution < -0.4 is 5.73 Å². The number of nitrogens with two attached hydrogens (primary N) is 1. The van der Waals surface area contributed by atoms with Gasteiger partial charge in [-0.2, -0.15) is 4.31 Å². The summed E-state index contributed by atoms with van der Waals surface area (Å²) in [6.07, 6.45) is 2.95. The van der Waals surface area contributed by atoms with E-state index in [1.165, 1.54) is 0 Å². The van der Waals surface area contributed by atoms with Gasteiger partial charge in [0.2, 0.25) is 10.0 Å².